The first-order valence-corrected chi connectivity index (χ1v) is 10.8. The van der Waals surface area contributed by atoms with Gasteiger partial charge in [0.05, 0.1) is 16.3 Å². The van der Waals surface area contributed by atoms with Crippen LogP contribution < -0.4 is 10.5 Å². The number of rotatable bonds is 6. The van der Waals surface area contributed by atoms with E-state index in [9.17, 15) is 13.2 Å². The van der Waals surface area contributed by atoms with Crippen molar-refractivity contribution in [2.75, 3.05) is 11.1 Å². The molecule has 1 amide bonds. The number of nitrogens with zero attached hydrogens (tertiary/aromatic N) is 2. The van der Waals surface area contributed by atoms with Crippen molar-refractivity contribution < 1.29 is 13.2 Å². The van der Waals surface area contributed by atoms with Crippen molar-refractivity contribution in [2.45, 2.75) is 17.0 Å². The Bertz CT molecular complexity index is 1100. The second kappa shape index (κ2) is 8.51. The molecular weight excluding hydrogens is 396 g/mol. The molecule has 1 heterocycles. The van der Waals surface area contributed by atoms with Crippen LogP contribution in [0.3, 0.4) is 0 Å². The number of aromatic nitrogens is 2. The van der Waals surface area contributed by atoms with E-state index in [2.05, 4.69) is 15.3 Å². The maximum absolute atomic E-state index is 12.2. The first-order valence-electron chi connectivity index (χ1n) is 8.28. The third kappa shape index (κ3) is 5.38. The number of thioether (sulfide) groups is 1. The lowest BCUT2D eigenvalue weighted by Gasteiger charge is -2.08. The summed E-state index contributed by atoms with van der Waals surface area (Å²) in [6.45, 7) is 1.87. The van der Waals surface area contributed by atoms with Crippen molar-refractivity contribution >= 4 is 33.4 Å². The first-order chi connectivity index (χ1) is 13.3. The standard InChI is InChI=1S/C19H18N4O3S2/c1-13-10-17(14-6-3-2-4-7-14)23-19(21-13)27-12-18(24)22-15-8-5-9-16(11-15)28(20,25)26/h2-11H,12H2,1H3,(H,22,24)(H2,20,25,26). The molecule has 0 bridgehead atoms. The summed E-state index contributed by atoms with van der Waals surface area (Å²) in [6.07, 6.45) is 0. The number of hydrogen-bond acceptors (Lipinski definition) is 6. The van der Waals surface area contributed by atoms with Gasteiger partial charge in [-0.25, -0.2) is 23.5 Å². The Hall–Kier alpha value is -2.75. The predicted octanol–water partition coefficient (Wildman–Crippen LogP) is 2.83. The molecule has 3 aromatic rings. The van der Waals surface area contributed by atoms with Crippen LogP contribution in [-0.2, 0) is 14.8 Å². The van der Waals surface area contributed by atoms with E-state index in [0.717, 1.165) is 17.0 Å². The normalized spacial score (nSPS) is 11.2. The number of hydrogen-bond donors (Lipinski definition) is 2. The Kier molecular flexibility index (Phi) is 6.08. The molecule has 0 aliphatic heterocycles. The summed E-state index contributed by atoms with van der Waals surface area (Å²) >= 11 is 1.20. The second-order valence-corrected chi connectivity index (χ2v) is 8.46. The van der Waals surface area contributed by atoms with Crippen LogP contribution >= 0.6 is 11.8 Å². The van der Waals surface area contributed by atoms with E-state index in [1.807, 2.05) is 43.3 Å². The number of sulfonamides is 1. The fourth-order valence-electron chi connectivity index (χ4n) is 2.44. The van der Waals surface area contributed by atoms with Crippen molar-refractivity contribution in [2.24, 2.45) is 5.14 Å². The smallest absolute Gasteiger partial charge is 0.238 e. The number of nitrogens with two attached hydrogens (primary N) is 1. The van der Waals surface area contributed by atoms with Gasteiger partial charge >= 0.3 is 0 Å². The van der Waals surface area contributed by atoms with Crippen molar-refractivity contribution in [3.8, 4) is 11.3 Å². The van der Waals surface area contributed by atoms with E-state index in [1.54, 1.807) is 6.07 Å². The zero-order valence-electron chi connectivity index (χ0n) is 15.0. The summed E-state index contributed by atoms with van der Waals surface area (Å²) < 4.78 is 22.8. The Balaban J connectivity index is 1.68. The van der Waals surface area contributed by atoms with E-state index in [4.69, 9.17) is 5.14 Å². The Morgan fingerprint density at radius 2 is 1.82 bits per heavy atom. The van der Waals surface area contributed by atoms with Crippen LogP contribution in [0.1, 0.15) is 5.69 Å². The second-order valence-electron chi connectivity index (χ2n) is 5.95. The van der Waals surface area contributed by atoms with Gasteiger partial charge in [-0.2, -0.15) is 0 Å². The molecule has 2 aromatic carbocycles. The van der Waals surface area contributed by atoms with Gasteiger partial charge in [-0.1, -0.05) is 48.2 Å². The SMILES string of the molecule is Cc1cc(-c2ccccc2)nc(SCC(=O)Nc2cccc(S(N)(=O)=O)c2)n1. The van der Waals surface area contributed by atoms with Gasteiger partial charge in [-0.3, -0.25) is 4.79 Å². The lowest BCUT2D eigenvalue weighted by Crippen LogP contribution is -2.16. The summed E-state index contributed by atoms with van der Waals surface area (Å²) in [7, 11) is -3.83. The predicted molar refractivity (Wildman–Crippen MR) is 109 cm³/mol. The number of amides is 1. The minimum atomic E-state index is -3.83. The maximum atomic E-state index is 12.2. The highest BCUT2D eigenvalue weighted by Gasteiger charge is 2.11. The van der Waals surface area contributed by atoms with Crippen molar-refractivity contribution in [1.82, 2.24) is 9.97 Å². The fraction of sp³-hybridized carbons (Fsp3) is 0.105. The van der Waals surface area contributed by atoms with Crippen molar-refractivity contribution in [3.05, 3.63) is 66.4 Å². The van der Waals surface area contributed by atoms with Crippen molar-refractivity contribution in [3.63, 3.8) is 0 Å². The van der Waals surface area contributed by atoms with E-state index in [0.29, 0.717) is 10.8 Å². The number of benzene rings is 2. The van der Waals surface area contributed by atoms with E-state index in [-0.39, 0.29) is 16.6 Å². The molecule has 0 aliphatic carbocycles. The Morgan fingerprint density at radius 3 is 2.54 bits per heavy atom. The molecule has 7 nitrogen and oxygen atoms in total. The molecule has 144 valence electrons. The molecule has 0 spiro atoms. The number of anilines is 1. The molecular formula is C19H18N4O3S2. The quantitative estimate of drug-likeness (QED) is 0.473. The van der Waals surface area contributed by atoms with Crippen LogP contribution in [0.5, 0.6) is 0 Å². The molecule has 0 aliphatic rings. The lowest BCUT2D eigenvalue weighted by atomic mass is 10.1. The molecule has 0 fully saturated rings. The van der Waals surface area contributed by atoms with Gasteiger partial charge < -0.3 is 5.32 Å². The van der Waals surface area contributed by atoms with Crippen LogP contribution in [0, 0.1) is 6.92 Å². The van der Waals surface area contributed by atoms with Gasteiger partial charge in [-0.05, 0) is 31.2 Å². The molecule has 0 unspecified atom stereocenters. The van der Waals surface area contributed by atoms with Gasteiger partial charge in [-0.15, -0.1) is 0 Å². The summed E-state index contributed by atoms with van der Waals surface area (Å²) in [5.74, 6) is -0.222. The van der Waals surface area contributed by atoms with Crippen LogP contribution in [0.4, 0.5) is 5.69 Å². The average Bonchev–Trinajstić information content (AvgIpc) is 2.66. The molecule has 9 heteroatoms. The van der Waals surface area contributed by atoms with Gasteiger partial charge in [0.1, 0.15) is 0 Å². The third-order valence-corrected chi connectivity index (χ3v) is 5.44. The topological polar surface area (TPSA) is 115 Å². The van der Waals surface area contributed by atoms with Crippen LogP contribution in [-0.4, -0.2) is 30.0 Å². The minimum Gasteiger partial charge on any atom is -0.325 e. The highest BCUT2D eigenvalue weighted by molar-refractivity contribution is 7.99. The lowest BCUT2D eigenvalue weighted by molar-refractivity contribution is -0.113. The van der Waals surface area contributed by atoms with Crippen LogP contribution in [0.25, 0.3) is 11.3 Å². The van der Waals surface area contributed by atoms with Crippen LogP contribution in [0.15, 0.2) is 70.7 Å². The Labute approximate surface area is 167 Å². The molecule has 1 aromatic heterocycles. The molecule has 0 saturated heterocycles. The molecule has 0 atom stereocenters. The summed E-state index contributed by atoms with van der Waals surface area (Å²) in [4.78, 5) is 21.0. The molecule has 3 N–H and O–H groups in total. The van der Waals surface area contributed by atoms with E-state index >= 15 is 0 Å². The molecule has 3 rings (SSSR count). The van der Waals surface area contributed by atoms with E-state index in [1.165, 1.54) is 30.0 Å². The van der Waals surface area contributed by atoms with Gasteiger partial charge in [0.15, 0.2) is 5.16 Å². The highest BCUT2D eigenvalue weighted by atomic mass is 32.2. The monoisotopic (exact) mass is 414 g/mol. The number of carbonyl (C=O) groups is 1. The number of aryl methyl sites for hydroxylation is 1. The zero-order valence-corrected chi connectivity index (χ0v) is 16.6. The van der Waals surface area contributed by atoms with Crippen LogP contribution in [0.2, 0.25) is 0 Å². The highest BCUT2D eigenvalue weighted by Crippen LogP contribution is 2.22. The maximum Gasteiger partial charge on any atom is 0.238 e. The Morgan fingerprint density at radius 1 is 1.07 bits per heavy atom. The zero-order chi connectivity index (χ0) is 20.1. The van der Waals surface area contributed by atoms with Gasteiger partial charge in [0, 0.05) is 16.9 Å². The summed E-state index contributed by atoms with van der Waals surface area (Å²) in [6, 6.07) is 17.4. The largest absolute Gasteiger partial charge is 0.325 e. The fourth-order valence-corrected chi connectivity index (χ4v) is 3.70. The molecule has 0 radical (unpaired) electrons. The van der Waals surface area contributed by atoms with Crippen molar-refractivity contribution in [1.29, 1.82) is 0 Å². The third-order valence-electron chi connectivity index (χ3n) is 3.68. The molecule has 0 saturated carbocycles. The summed E-state index contributed by atoms with van der Waals surface area (Å²) in [5, 5.41) is 8.25. The number of primary sulfonamides is 1. The first kappa shape index (κ1) is 20.0. The van der Waals surface area contributed by atoms with Gasteiger partial charge in [0.2, 0.25) is 15.9 Å². The summed E-state index contributed by atoms with van der Waals surface area (Å²) in [5.41, 5.74) is 2.92. The average molecular weight is 415 g/mol. The van der Waals surface area contributed by atoms with Gasteiger partial charge in [0.25, 0.3) is 0 Å². The molecule has 28 heavy (non-hydrogen) atoms. The minimum absolute atomic E-state index is 0.0625. The number of carbonyl (C=O) groups excluding carboxylic acids is 1. The van der Waals surface area contributed by atoms with E-state index < -0.39 is 10.0 Å². The number of nitrogens with one attached hydrogen (secondary N) is 1.